The number of esters is 2. The standard InChI is InChI=1S/C12H23O8P/c1-5-12(3,11(14)18-4)8-9(2)10(13)19-6-7-20-21(15,16)17/h9H,5-8H2,1-4H3,(H2,15,16,17). The summed E-state index contributed by atoms with van der Waals surface area (Å²) < 4.78 is 24.1. The first-order valence-electron chi connectivity index (χ1n) is 6.51. The van der Waals surface area contributed by atoms with Gasteiger partial charge in [0.2, 0.25) is 0 Å². The molecule has 0 aliphatic rings. The molecule has 0 rings (SSSR count). The summed E-state index contributed by atoms with van der Waals surface area (Å²) in [5.41, 5.74) is -0.782. The Bertz CT molecular complexity index is 404. The van der Waals surface area contributed by atoms with Crippen LogP contribution in [0, 0.1) is 11.3 Å². The largest absolute Gasteiger partial charge is 0.469 e. The smallest absolute Gasteiger partial charge is 0.469 e. The van der Waals surface area contributed by atoms with Crippen LogP contribution in [0.4, 0.5) is 0 Å². The highest BCUT2D eigenvalue weighted by molar-refractivity contribution is 7.46. The van der Waals surface area contributed by atoms with Crippen molar-refractivity contribution in [3.05, 3.63) is 0 Å². The van der Waals surface area contributed by atoms with E-state index in [4.69, 9.17) is 19.3 Å². The number of phosphoric acid groups is 1. The number of methoxy groups -OCH3 is 1. The predicted molar refractivity (Wildman–Crippen MR) is 73.2 cm³/mol. The van der Waals surface area contributed by atoms with Gasteiger partial charge in [-0.05, 0) is 19.8 Å². The number of ether oxygens (including phenoxy) is 2. The van der Waals surface area contributed by atoms with Crippen LogP contribution < -0.4 is 0 Å². The molecule has 0 radical (unpaired) electrons. The molecule has 2 N–H and O–H groups in total. The molecule has 0 saturated carbocycles. The van der Waals surface area contributed by atoms with Crippen LogP contribution in [0.15, 0.2) is 0 Å². The van der Waals surface area contributed by atoms with E-state index in [9.17, 15) is 14.2 Å². The maximum Gasteiger partial charge on any atom is 0.469 e. The minimum atomic E-state index is -4.56. The Hall–Kier alpha value is -0.950. The second-order valence-electron chi connectivity index (χ2n) is 5.00. The highest BCUT2D eigenvalue weighted by Crippen LogP contribution is 2.35. The van der Waals surface area contributed by atoms with Crippen LogP contribution in [0.1, 0.15) is 33.6 Å². The summed E-state index contributed by atoms with van der Waals surface area (Å²) in [5, 5.41) is 0. The minimum Gasteiger partial charge on any atom is -0.469 e. The number of hydrogen-bond donors (Lipinski definition) is 2. The van der Waals surface area contributed by atoms with Crippen molar-refractivity contribution in [1.82, 2.24) is 0 Å². The maximum absolute atomic E-state index is 11.7. The van der Waals surface area contributed by atoms with E-state index in [1.54, 1.807) is 13.8 Å². The Balaban J connectivity index is 4.32. The fourth-order valence-electron chi connectivity index (χ4n) is 1.82. The third kappa shape index (κ3) is 7.57. The quantitative estimate of drug-likeness (QED) is 0.369. The lowest BCUT2D eigenvalue weighted by Crippen LogP contribution is -2.33. The van der Waals surface area contributed by atoms with E-state index < -0.39 is 37.7 Å². The summed E-state index contributed by atoms with van der Waals surface area (Å²) in [6.07, 6.45) is 0.771. The van der Waals surface area contributed by atoms with Crippen LogP contribution in [0.3, 0.4) is 0 Å². The van der Waals surface area contributed by atoms with Crippen LogP contribution in [-0.4, -0.2) is 42.0 Å². The third-order valence-corrected chi connectivity index (χ3v) is 3.72. The van der Waals surface area contributed by atoms with Gasteiger partial charge < -0.3 is 19.3 Å². The van der Waals surface area contributed by atoms with Crippen molar-refractivity contribution in [3.63, 3.8) is 0 Å². The van der Waals surface area contributed by atoms with Crippen LogP contribution in [0.5, 0.6) is 0 Å². The van der Waals surface area contributed by atoms with Crippen molar-refractivity contribution in [2.45, 2.75) is 33.6 Å². The molecule has 0 aromatic rings. The van der Waals surface area contributed by atoms with Gasteiger partial charge in [0, 0.05) is 0 Å². The molecular weight excluding hydrogens is 303 g/mol. The van der Waals surface area contributed by atoms with Gasteiger partial charge in [-0.25, -0.2) is 4.57 Å². The zero-order valence-corrected chi connectivity index (χ0v) is 13.6. The van der Waals surface area contributed by atoms with E-state index >= 15 is 0 Å². The zero-order chi connectivity index (χ0) is 16.7. The van der Waals surface area contributed by atoms with Gasteiger partial charge in [0.05, 0.1) is 25.0 Å². The highest BCUT2D eigenvalue weighted by atomic mass is 31.2. The second kappa shape index (κ2) is 8.48. The topological polar surface area (TPSA) is 119 Å². The molecule has 0 heterocycles. The van der Waals surface area contributed by atoms with Crippen molar-refractivity contribution in [1.29, 1.82) is 0 Å². The Morgan fingerprint density at radius 3 is 2.29 bits per heavy atom. The lowest BCUT2D eigenvalue weighted by molar-refractivity contribution is -0.156. The number of phosphoric ester groups is 1. The summed E-state index contributed by atoms with van der Waals surface area (Å²) in [4.78, 5) is 40.4. The predicted octanol–water partition coefficient (Wildman–Crippen LogP) is 1.25. The van der Waals surface area contributed by atoms with E-state index in [0.29, 0.717) is 6.42 Å². The van der Waals surface area contributed by atoms with Gasteiger partial charge >= 0.3 is 19.8 Å². The van der Waals surface area contributed by atoms with Gasteiger partial charge in [-0.15, -0.1) is 0 Å². The molecule has 124 valence electrons. The molecule has 2 atom stereocenters. The number of rotatable bonds is 9. The molecule has 0 aliphatic carbocycles. The number of carbonyl (C=O) groups is 2. The Morgan fingerprint density at radius 1 is 1.29 bits per heavy atom. The highest BCUT2D eigenvalue weighted by Gasteiger charge is 2.36. The van der Waals surface area contributed by atoms with Crippen molar-refractivity contribution in [3.8, 4) is 0 Å². The van der Waals surface area contributed by atoms with Crippen molar-refractivity contribution in [2.75, 3.05) is 20.3 Å². The van der Waals surface area contributed by atoms with Gasteiger partial charge in [0.15, 0.2) is 0 Å². The molecule has 0 spiro atoms. The van der Waals surface area contributed by atoms with E-state index in [0.717, 1.165) is 0 Å². The van der Waals surface area contributed by atoms with Crippen molar-refractivity contribution in [2.24, 2.45) is 11.3 Å². The molecule has 0 aromatic heterocycles. The first-order chi connectivity index (χ1) is 9.55. The molecule has 0 bridgehead atoms. The van der Waals surface area contributed by atoms with Crippen LogP contribution >= 0.6 is 7.82 Å². The lowest BCUT2D eigenvalue weighted by Gasteiger charge is -2.27. The summed E-state index contributed by atoms with van der Waals surface area (Å²) >= 11 is 0. The van der Waals surface area contributed by atoms with Crippen molar-refractivity contribution >= 4 is 19.8 Å². The van der Waals surface area contributed by atoms with E-state index in [1.165, 1.54) is 7.11 Å². The molecule has 0 saturated heterocycles. The maximum atomic E-state index is 11.7. The van der Waals surface area contributed by atoms with E-state index in [2.05, 4.69) is 4.52 Å². The van der Waals surface area contributed by atoms with Gasteiger partial charge in [0.25, 0.3) is 0 Å². The van der Waals surface area contributed by atoms with E-state index in [1.807, 2.05) is 6.92 Å². The molecular formula is C12H23O8P. The fourth-order valence-corrected chi connectivity index (χ4v) is 2.13. The average Bonchev–Trinajstić information content (AvgIpc) is 2.40. The second-order valence-corrected chi connectivity index (χ2v) is 6.24. The summed E-state index contributed by atoms with van der Waals surface area (Å²) in [7, 11) is -3.27. The van der Waals surface area contributed by atoms with Crippen LogP contribution in [0.25, 0.3) is 0 Å². The fraction of sp³-hybridized carbons (Fsp3) is 0.833. The van der Waals surface area contributed by atoms with Gasteiger partial charge in [-0.1, -0.05) is 13.8 Å². The first-order valence-corrected chi connectivity index (χ1v) is 8.04. The Kier molecular flexibility index (Phi) is 8.10. The monoisotopic (exact) mass is 326 g/mol. The molecule has 0 aromatic carbocycles. The van der Waals surface area contributed by atoms with Crippen LogP contribution in [0.2, 0.25) is 0 Å². The normalized spacial score (nSPS) is 15.9. The molecule has 9 heteroatoms. The van der Waals surface area contributed by atoms with Crippen molar-refractivity contribution < 1.29 is 37.9 Å². The Morgan fingerprint density at radius 2 is 1.86 bits per heavy atom. The molecule has 2 unspecified atom stereocenters. The van der Waals surface area contributed by atoms with Crippen LogP contribution in [-0.2, 0) is 28.2 Å². The summed E-state index contributed by atoms with van der Waals surface area (Å²) in [6.45, 7) is 4.48. The minimum absolute atomic E-state index is 0.258. The summed E-state index contributed by atoms with van der Waals surface area (Å²) in [5.74, 6) is -1.51. The van der Waals surface area contributed by atoms with Gasteiger partial charge in [-0.2, -0.15) is 0 Å². The van der Waals surface area contributed by atoms with Gasteiger partial charge in [-0.3, -0.25) is 14.1 Å². The average molecular weight is 326 g/mol. The van der Waals surface area contributed by atoms with E-state index in [-0.39, 0.29) is 13.0 Å². The first kappa shape index (κ1) is 20.1. The number of carbonyl (C=O) groups excluding carboxylic acids is 2. The number of hydrogen-bond acceptors (Lipinski definition) is 6. The third-order valence-electron chi connectivity index (χ3n) is 3.20. The molecule has 0 amide bonds. The van der Waals surface area contributed by atoms with Gasteiger partial charge in [0.1, 0.15) is 6.61 Å². The Labute approximate surface area is 124 Å². The SMILES string of the molecule is CCC(C)(CC(C)C(=O)OCCOP(=O)(O)O)C(=O)OC. The molecule has 21 heavy (non-hydrogen) atoms. The molecule has 0 aliphatic heterocycles. The summed E-state index contributed by atoms with van der Waals surface area (Å²) in [6, 6.07) is 0. The molecule has 8 nitrogen and oxygen atoms in total. The lowest BCUT2D eigenvalue weighted by atomic mass is 9.79. The molecule has 0 fully saturated rings. The zero-order valence-electron chi connectivity index (χ0n) is 12.7.